The first-order valence-corrected chi connectivity index (χ1v) is 10.0. The van der Waals surface area contributed by atoms with Crippen molar-refractivity contribution >= 4 is 28.8 Å². The van der Waals surface area contributed by atoms with Crippen LogP contribution in [0.25, 0.3) is 22.0 Å². The summed E-state index contributed by atoms with van der Waals surface area (Å²) in [5, 5.41) is 1.41. The first-order chi connectivity index (χ1) is 14.4. The Morgan fingerprint density at radius 3 is 2.00 bits per heavy atom. The van der Waals surface area contributed by atoms with Crippen molar-refractivity contribution in [2.75, 3.05) is 4.90 Å². The van der Waals surface area contributed by atoms with E-state index in [1.165, 1.54) is 0 Å². The quantitative estimate of drug-likeness (QED) is 0.507. The molecule has 3 rings (SSSR count). The van der Waals surface area contributed by atoms with Gasteiger partial charge in [-0.05, 0) is 77.3 Å². The maximum absolute atomic E-state index is 13.0. The summed E-state index contributed by atoms with van der Waals surface area (Å²) in [5.41, 5.74) is 0.132. The van der Waals surface area contributed by atoms with Gasteiger partial charge in [0, 0.05) is 23.3 Å². The first-order valence-electron chi connectivity index (χ1n) is 10.0. The van der Waals surface area contributed by atoms with Crippen molar-refractivity contribution in [3.05, 3.63) is 54.9 Å². The Balaban J connectivity index is 2.10. The molecule has 0 unspecified atom stereocenters. The van der Waals surface area contributed by atoms with Gasteiger partial charge >= 0.3 is 12.2 Å². The van der Waals surface area contributed by atoms with Crippen LogP contribution in [0.2, 0.25) is 0 Å². The van der Waals surface area contributed by atoms with Crippen molar-refractivity contribution in [3.8, 4) is 11.3 Å². The number of carbonyl (C=O) groups excluding carboxylic acids is 2. The Bertz CT molecular complexity index is 1070. The monoisotopic (exact) mass is 421 g/mol. The SMILES string of the molecule is CC(C)(C)OC(=O)N(C(=O)OC(C)(C)C)c1nccc2cc(-c3ccccn3)ccc12. The molecule has 0 bridgehead atoms. The highest BCUT2D eigenvalue weighted by atomic mass is 16.6. The predicted octanol–water partition coefficient (Wildman–Crippen LogP) is 5.97. The molecule has 2 aromatic heterocycles. The van der Waals surface area contributed by atoms with E-state index in [0.29, 0.717) is 5.39 Å². The van der Waals surface area contributed by atoms with Crippen molar-refractivity contribution in [2.24, 2.45) is 0 Å². The van der Waals surface area contributed by atoms with Gasteiger partial charge in [0.2, 0.25) is 0 Å². The number of aromatic nitrogens is 2. The lowest BCUT2D eigenvalue weighted by atomic mass is 10.1. The molecule has 0 saturated carbocycles. The summed E-state index contributed by atoms with van der Waals surface area (Å²) in [6.07, 6.45) is 1.57. The van der Waals surface area contributed by atoms with Gasteiger partial charge in [-0.25, -0.2) is 14.6 Å². The van der Waals surface area contributed by atoms with Crippen molar-refractivity contribution < 1.29 is 19.1 Å². The minimum absolute atomic E-state index is 0.147. The Morgan fingerprint density at radius 1 is 0.806 bits per heavy atom. The average molecular weight is 421 g/mol. The third-order valence-corrected chi connectivity index (χ3v) is 4.07. The smallest absolute Gasteiger partial charge is 0.425 e. The number of pyridine rings is 2. The minimum Gasteiger partial charge on any atom is -0.443 e. The van der Waals surface area contributed by atoms with E-state index >= 15 is 0 Å². The van der Waals surface area contributed by atoms with Gasteiger partial charge in [0.25, 0.3) is 0 Å². The molecule has 0 atom stereocenters. The molecule has 1 aromatic carbocycles. The van der Waals surface area contributed by atoms with E-state index in [9.17, 15) is 9.59 Å². The van der Waals surface area contributed by atoms with Crippen molar-refractivity contribution in [2.45, 2.75) is 52.7 Å². The number of hydrogen-bond acceptors (Lipinski definition) is 6. The van der Waals surface area contributed by atoms with E-state index in [4.69, 9.17) is 9.47 Å². The van der Waals surface area contributed by atoms with Crippen molar-refractivity contribution in [3.63, 3.8) is 0 Å². The standard InChI is InChI=1S/C24H27N3O4/c1-23(2,3)30-21(28)27(22(29)31-24(4,5)6)20-18-11-10-17(15-16(18)12-14-26-20)19-9-7-8-13-25-19/h7-15H,1-6H3. The van der Waals surface area contributed by atoms with Crippen LogP contribution in [0.15, 0.2) is 54.9 Å². The van der Waals surface area contributed by atoms with Crippen LogP contribution in [0, 0.1) is 0 Å². The van der Waals surface area contributed by atoms with Crippen LogP contribution < -0.4 is 4.90 Å². The molecule has 0 radical (unpaired) electrons. The third kappa shape index (κ3) is 5.57. The number of benzene rings is 1. The summed E-state index contributed by atoms with van der Waals surface area (Å²) in [6, 6.07) is 13.1. The van der Waals surface area contributed by atoms with Crippen LogP contribution in [0.1, 0.15) is 41.5 Å². The molecule has 0 N–H and O–H groups in total. The molecule has 2 amide bonds. The highest BCUT2D eigenvalue weighted by molar-refractivity contribution is 6.14. The maximum atomic E-state index is 13.0. The molecule has 0 aliphatic rings. The summed E-state index contributed by atoms with van der Waals surface area (Å²) < 4.78 is 10.9. The third-order valence-electron chi connectivity index (χ3n) is 4.07. The zero-order valence-electron chi connectivity index (χ0n) is 18.7. The molecule has 2 heterocycles. The molecule has 7 nitrogen and oxygen atoms in total. The summed E-state index contributed by atoms with van der Waals surface area (Å²) >= 11 is 0. The highest BCUT2D eigenvalue weighted by Crippen LogP contribution is 2.30. The van der Waals surface area contributed by atoms with Crippen LogP contribution in [0.4, 0.5) is 15.4 Å². The predicted molar refractivity (Wildman–Crippen MR) is 120 cm³/mol. The molecular weight excluding hydrogens is 394 g/mol. The number of imide groups is 1. The molecule has 0 aliphatic carbocycles. The number of rotatable bonds is 2. The molecule has 7 heteroatoms. The van der Waals surface area contributed by atoms with E-state index in [0.717, 1.165) is 21.5 Å². The zero-order valence-corrected chi connectivity index (χ0v) is 18.7. The van der Waals surface area contributed by atoms with Gasteiger partial charge in [-0.3, -0.25) is 4.98 Å². The molecule has 162 valence electrons. The molecule has 0 spiro atoms. The average Bonchev–Trinajstić information content (AvgIpc) is 2.66. The van der Waals surface area contributed by atoms with Crippen molar-refractivity contribution in [1.29, 1.82) is 0 Å². The summed E-state index contributed by atoms with van der Waals surface area (Å²) in [6.45, 7) is 10.4. The first kappa shape index (κ1) is 22.2. The fraction of sp³-hybridized carbons (Fsp3) is 0.333. The zero-order chi connectivity index (χ0) is 22.8. The lowest BCUT2D eigenvalue weighted by molar-refractivity contribution is 0.0429. The second-order valence-corrected chi connectivity index (χ2v) is 9.08. The van der Waals surface area contributed by atoms with Gasteiger partial charge in [-0.2, -0.15) is 4.90 Å². The normalized spacial score (nSPS) is 11.8. The fourth-order valence-corrected chi connectivity index (χ4v) is 2.90. The molecule has 0 saturated heterocycles. The van der Waals surface area contributed by atoms with Crippen LogP contribution in [0.3, 0.4) is 0 Å². The molecule has 3 aromatic rings. The van der Waals surface area contributed by atoms with E-state index in [1.54, 1.807) is 53.9 Å². The van der Waals surface area contributed by atoms with Crippen LogP contribution in [-0.2, 0) is 9.47 Å². The van der Waals surface area contributed by atoms with Gasteiger partial charge in [-0.1, -0.05) is 12.1 Å². The Hall–Kier alpha value is -3.48. The largest absolute Gasteiger partial charge is 0.443 e. The second-order valence-electron chi connectivity index (χ2n) is 9.08. The van der Waals surface area contributed by atoms with E-state index in [-0.39, 0.29) is 5.82 Å². The topological polar surface area (TPSA) is 81.6 Å². The minimum atomic E-state index is -0.851. The second kappa shape index (κ2) is 8.34. The van der Waals surface area contributed by atoms with Gasteiger partial charge in [-0.15, -0.1) is 0 Å². The highest BCUT2D eigenvalue weighted by Gasteiger charge is 2.34. The maximum Gasteiger partial charge on any atom is 0.425 e. The fourth-order valence-electron chi connectivity index (χ4n) is 2.90. The van der Waals surface area contributed by atoms with Gasteiger partial charge < -0.3 is 9.47 Å². The lowest BCUT2D eigenvalue weighted by Crippen LogP contribution is -2.44. The van der Waals surface area contributed by atoms with E-state index in [1.807, 2.05) is 42.5 Å². The number of amides is 2. The van der Waals surface area contributed by atoms with Crippen LogP contribution in [0.5, 0.6) is 0 Å². The molecule has 0 aliphatic heterocycles. The Labute approximate surface area is 182 Å². The van der Waals surface area contributed by atoms with Gasteiger partial charge in [0.1, 0.15) is 11.2 Å². The lowest BCUT2D eigenvalue weighted by Gasteiger charge is -2.28. The van der Waals surface area contributed by atoms with Crippen LogP contribution in [-0.4, -0.2) is 33.4 Å². The summed E-state index contributed by atoms with van der Waals surface area (Å²) in [5.74, 6) is 0.147. The molecule has 0 fully saturated rings. The Morgan fingerprint density at radius 2 is 1.45 bits per heavy atom. The number of nitrogens with zero attached hydrogens (tertiary/aromatic N) is 3. The number of anilines is 1. The Kier molecular flexibility index (Phi) is 5.97. The number of hydrogen-bond donors (Lipinski definition) is 0. The molecule has 31 heavy (non-hydrogen) atoms. The molecular formula is C24H27N3O4. The van der Waals surface area contributed by atoms with Crippen LogP contribution >= 0.6 is 0 Å². The number of ether oxygens (including phenoxy) is 2. The van der Waals surface area contributed by atoms with E-state index < -0.39 is 23.4 Å². The van der Waals surface area contributed by atoms with Gasteiger partial charge in [0.05, 0.1) is 5.69 Å². The van der Waals surface area contributed by atoms with Gasteiger partial charge in [0.15, 0.2) is 5.82 Å². The summed E-state index contributed by atoms with van der Waals surface area (Å²) in [4.78, 5) is 35.5. The summed E-state index contributed by atoms with van der Waals surface area (Å²) in [7, 11) is 0. The number of fused-ring (bicyclic) bond motifs is 1. The van der Waals surface area contributed by atoms with Crippen molar-refractivity contribution in [1.82, 2.24) is 9.97 Å². The number of carbonyl (C=O) groups is 2. The van der Waals surface area contributed by atoms with E-state index in [2.05, 4.69) is 9.97 Å².